The second kappa shape index (κ2) is 4.96. The minimum atomic E-state index is -0.195. The Balaban J connectivity index is 1.91. The Hall–Kier alpha value is -1.97. The van der Waals surface area contributed by atoms with E-state index in [4.69, 9.17) is 4.52 Å². The summed E-state index contributed by atoms with van der Waals surface area (Å²) in [5.41, 5.74) is 2.06. The van der Waals surface area contributed by atoms with Crippen LogP contribution in [0.2, 0.25) is 0 Å². The lowest BCUT2D eigenvalue weighted by Crippen LogP contribution is -2.17. The van der Waals surface area contributed by atoms with Crippen LogP contribution in [0.3, 0.4) is 0 Å². The van der Waals surface area contributed by atoms with Gasteiger partial charge in [-0.2, -0.15) is 4.98 Å². The first-order valence-corrected chi connectivity index (χ1v) is 6.68. The van der Waals surface area contributed by atoms with Crippen molar-refractivity contribution in [2.45, 2.75) is 38.5 Å². The SMILES string of the molecule is Cc1ccccc1-c1noc(C2CCCCC2=O)n1. The van der Waals surface area contributed by atoms with E-state index >= 15 is 0 Å². The number of ketones is 1. The molecule has 0 aliphatic heterocycles. The Morgan fingerprint density at radius 2 is 2.11 bits per heavy atom. The molecular formula is C15H16N2O2. The van der Waals surface area contributed by atoms with Gasteiger partial charge in [-0.25, -0.2) is 0 Å². The second-order valence-corrected chi connectivity index (χ2v) is 5.04. The monoisotopic (exact) mass is 256 g/mol. The molecule has 3 rings (SSSR count). The van der Waals surface area contributed by atoms with E-state index in [1.54, 1.807) is 0 Å². The summed E-state index contributed by atoms with van der Waals surface area (Å²) < 4.78 is 5.30. The van der Waals surface area contributed by atoms with Gasteiger partial charge in [0.15, 0.2) is 0 Å². The Labute approximate surface area is 111 Å². The highest BCUT2D eigenvalue weighted by atomic mass is 16.5. The Bertz CT molecular complexity index is 604. The van der Waals surface area contributed by atoms with Crippen LogP contribution in [0, 0.1) is 6.92 Å². The molecule has 1 atom stereocenters. The molecule has 1 fully saturated rings. The van der Waals surface area contributed by atoms with Gasteiger partial charge in [0, 0.05) is 12.0 Å². The second-order valence-electron chi connectivity index (χ2n) is 5.04. The maximum absolute atomic E-state index is 11.9. The van der Waals surface area contributed by atoms with Crippen LogP contribution in [0.25, 0.3) is 11.4 Å². The van der Waals surface area contributed by atoms with Crippen LogP contribution in [0.4, 0.5) is 0 Å². The highest BCUT2D eigenvalue weighted by Gasteiger charge is 2.29. The van der Waals surface area contributed by atoms with Crippen molar-refractivity contribution in [3.05, 3.63) is 35.7 Å². The standard InChI is InChI=1S/C15H16N2O2/c1-10-6-2-3-7-11(10)14-16-15(19-17-14)12-8-4-5-9-13(12)18/h2-3,6-7,12H,4-5,8-9H2,1H3. The Kier molecular flexibility index (Phi) is 3.15. The van der Waals surface area contributed by atoms with Gasteiger partial charge in [-0.05, 0) is 25.3 Å². The smallest absolute Gasteiger partial charge is 0.237 e. The van der Waals surface area contributed by atoms with E-state index in [1.165, 1.54) is 0 Å². The van der Waals surface area contributed by atoms with Gasteiger partial charge in [-0.3, -0.25) is 4.79 Å². The fraction of sp³-hybridized carbons (Fsp3) is 0.400. The summed E-state index contributed by atoms with van der Waals surface area (Å²) in [7, 11) is 0. The predicted molar refractivity (Wildman–Crippen MR) is 70.7 cm³/mol. The predicted octanol–water partition coefficient (Wildman–Crippen LogP) is 3.27. The zero-order valence-electron chi connectivity index (χ0n) is 10.9. The van der Waals surface area contributed by atoms with Crippen LogP contribution < -0.4 is 0 Å². The summed E-state index contributed by atoms with van der Waals surface area (Å²) in [5.74, 6) is 1.08. The number of aryl methyl sites for hydroxylation is 1. The number of hydrogen-bond donors (Lipinski definition) is 0. The molecule has 4 nitrogen and oxygen atoms in total. The van der Waals surface area contributed by atoms with Crippen LogP contribution >= 0.6 is 0 Å². The molecule has 1 saturated carbocycles. The molecule has 1 heterocycles. The van der Waals surface area contributed by atoms with Crippen LogP contribution in [0.5, 0.6) is 0 Å². The van der Waals surface area contributed by atoms with Gasteiger partial charge in [0.25, 0.3) is 0 Å². The summed E-state index contributed by atoms with van der Waals surface area (Å²) in [4.78, 5) is 16.3. The maximum Gasteiger partial charge on any atom is 0.237 e. The fourth-order valence-corrected chi connectivity index (χ4v) is 2.55. The molecule has 2 aromatic rings. The van der Waals surface area contributed by atoms with Gasteiger partial charge in [0.05, 0.1) is 5.92 Å². The van der Waals surface area contributed by atoms with E-state index in [9.17, 15) is 4.79 Å². The number of aromatic nitrogens is 2. The summed E-state index contributed by atoms with van der Waals surface area (Å²) in [5, 5.41) is 4.02. The number of nitrogens with zero attached hydrogens (tertiary/aromatic N) is 2. The molecule has 0 N–H and O–H groups in total. The van der Waals surface area contributed by atoms with Crippen LogP contribution in [-0.4, -0.2) is 15.9 Å². The normalized spacial score (nSPS) is 19.6. The average molecular weight is 256 g/mol. The van der Waals surface area contributed by atoms with Crippen molar-refractivity contribution >= 4 is 5.78 Å². The zero-order chi connectivity index (χ0) is 13.2. The van der Waals surface area contributed by atoms with Gasteiger partial charge < -0.3 is 4.52 Å². The van der Waals surface area contributed by atoms with Gasteiger partial charge in [0.1, 0.15) is 5.78 Å². The molecule has 1 aliphatic carbocycles. The maximum atomic E-state index is 11.9. The lowest BCUT2D eigenvalue weighted by Gasteiger charge is -2.16. The number of benzene rings is 1. The molecule has 1 aromatic carbocycles. The highest BCUT2D eigenvalue weighted by molar-refractivity contribution is 5.85. The van der Waals surface area contributed by atoms with Crippen molar-refractivity contribution in [3.63, 3.8) is 0 Å². The third kappa shape index (κ3) is 2.30. The molecule has 1 aromatic heterocycles. The third-order valence-electron chi connectivity index (χ3n) is 3.68. The van der Waals surface area contributed by atoms with Gasteiger partial charge in [-0.15, -0.1) is 0 Å². The van der Waals surface area contributed by atoms with Crippen LogP contribution in [0.15, 0.2) is 28.8 Å². The fourth-order valence-electron chi connectivity index (χ4n) is 2.55. The largest absolute Gasteiger partial charge is 0.338 e. The van der Waals surface area contributed by atoms with E-state index in [0.717, 1.165) is 30.4 Å². The summed E-state index contributed by atoms with van der Waals surface area (Å²) in [6, 6.07) is 7.90. The molecule has 0 saturated heterocycles. The van der Waals surface area contributed by atoms with Crippen molar-refractivity contribution in [2.75, 3.05) is 0 Å². The molecule has 0 spiro atoms. The Morgan fingerprint density at radius 1 is 1.26 bits per heavy atom. The molecule has 1 unspecified atom stereocenters. The summed E-state index contributed by atoms with van der Waals surface area (Å²) in [6.07, 6.45) is 3.49. The first-order chi connectivity index (χ1) is 9.25. The number of Topliss-reactive ketones (excluding diaryl/α,β-unsaturated/α-hetero) is 1. The number of carbonyl (C=O) groups excluding carboxylic acids is 1. The minimum Gasteiger partial charge on any atom is -0.338 e. The molecule has 1 aliphatic rings. The van der Waals surface area contributed by atoms with E-state index in [-0.39, 0.29) is 11.7 Å². The van der Waals surface area contributed by atoms with Crippen molar-refractivity contribution in [1.29, 1.82) is 0 Å². The molecule has 0 bridgehead atoms. The number of rotatable bonds is 2. The molecular weight excluding hydrogens is 240 g/mol. The number of hydrogen-bond acceptors (Lipinski definition) is 4. The minimum absolute atomic E-state index is 0.195. The van der Waals surface area contributed by atoms with E-state index in [0.29, 0.717) is 18.1 Å². The van der Waals surface area contributed by atoms with Crippen LogP contribution in [-0.2, 0) is 4.79 Å². The van der Waals surface area contributed by atoms with Gasteiger partial charge in [0.2, 0.25) is 11.7 Å². The lowest BCUT2D eigenvalue weighted by molar-refractivity contribution is -0.122. The summed E-state index contributed by atoms with van der Waals surface area (Å²) in [6.45, 7) is 2.01. The van der Waals surface area contributed by atoms with E-state index < -0.39 is 0 Å². The van der Waals surface area contributed by atoms with Crippen molar-refractivity contribution in [2.24, 2.45) is 0 Å². The molecule has 0 amide bonds. The zero-order valence-corrected chi connectivity index (χ0v) is 10.9. The van der Waals surface area contributed by atoms with Crippen LogP contribution in [0.1, 0.15) is 43.1 Å². The lowest BCUT2D eigenvalue weighted by atomic mass is 9.88. The number of carbonyl (C=O) groups is 1. The first-order valence-electron chi connectivity index (χ1n) is 6.68. The molecule has 19 heavy (non-hydrogen) atoms. The van der Waals surface area contributed by atoms with Gasteiger partial charge >= 0.3 is 0 Å². The van der Waals surface area contributed by atoms with E-state index in [2.05, 4.69) is 10.1 Å². The molecule has 4 heteroatoms. The topological polar surface area (TPSA) is 56.0 Å². The van der Waals surface area contributed by atoms with Crippen molar-refractivity contribution in [1.82, 2.24) is 10.1 Å². The summed E-state index contributed by atoms with van der Waals surface area (Å²) >= 11 is 0. The average Bonchev–Trinajstić information content (AvgIpc) is 2.89. The highest BCUT2D eigenvalue weighted by Crippen LogP contribution is 2.30. The first kappa shape index (κ1) is 12.1. The van der Waals surface area contributed by atoms with Crippen molar-refractivity contribution < 1.29 is 9.32 Å². The Morgan fingerprint density at radius 3 is 2.89 bits per heavy atom. The van der Waals surface area contributed by atoms with E-state index in [1.807, 2.05) is 31.2 Å². The third-order valence-corrected chi connectivity index (χ3v) is 3.68. The molecule has 0 radical (unpaired) electrons. The van der Waals surface area contributed by atoms with Gasteiger partial charge in [-0.1, -0.05) is 35.8 Å². The van der Waals surface area contributed by atoms with Crippen molar-refractivity contribution in [3.8, 4) is 11.4 Å². The molecule has 98 valence electrons. The quantitative estimate of drug-likeness (QED) is 0.827.